The van der Waals surface area contributed by atoms with Crippen molar-refractivity contribution in [3.63, 3.8) is 0 Å². The zero-order valence-corrected chi connectivity index (χ0v) is 5.49. The summed E-state index contributed by atoms with van der Waals surface area (Å²) in [6.07, 6.45) is 0.416. The lowest BCUT2D eigenvalue weighted by Gasteiger charge is -1.97. The molecule has 0 fully saturated rings. The van der Waals surface area contributed by atoms with Crippen molar-refractivity contribution in [3.8, 4) is 0 Å². The van der Waals surface area contributed by atoms with E-state index in [9.17, 15) is 4.39 Å². The SMILES string of the molecule is CC/C(F)=C(\C)OC. The Hall–Kier alpha value is -0.530. The average molecular weight is 118 g/mol. The van der Waals surface area contributed by atoms with Crippen LogP contribution in [0.2, 0.25) is 0 Å². The number of rotatable bonds is 2. The fraction of sp³-hybridized carbons (Fsp3) is 0.667. The summed E-state index contributed by atoms with van der Waals surface area (Å²) in [5.74, 6) is 0.208. The van der Waals surface area contributed by atoms with Crippen LogP contribution in [0.5, 0.6) is 0 Å². The van der Waals surface area contributed by atoms with E-state index in [1.165, 1.54) is 7.11 Å². The number of ether oxygens (including phenoxy) is 1. The van der Waals surface area contributed by atoms with Gasteiger partial charge in [-0.2, -0.15) is 0 Å². The molecule has 0 aromatic rings. The van der Waals surface area contributed by atoms with Gasteiger partial charge in [0.25, 0.3) is 0 Å². The lowest BCUT2D eigenvalue weighted by molar-refractivity contribution is 0.274. The van der Waals surface area contributed by atoms with Crippen LogP contribution in [0.4, 0.5) is 4.39 Å². The van der Waals surface area contributed by atoms with Gasteiger partial charge in [-0.1, -0.05) is 6.92 Å². The van der Waals surface area contributed by atoms with Crippen LogP contribution >= 0.6 is 0 Å². The largest absolute Gasteiger partial charge is 0.499 e. The van der Waals surface area contributed by atoms with Crippen molar-refractivity contribution in [1.29, 1.82) is 0 Å². The van der Waals surface area contributed by atoms with Gasteiger partial charge in [0.15, 0.2) is 0 Å². The van der Waals surface area contributed by atoms with Crippen LogP contribution in [-0.4, -0.2) is 7.11 Å². The molecule has 0 aliphatic carbocycles. The highest BCUT2D eigenvalue weighted by molar-refractivity contribution is 4.95. The molecule has 0 saturated heterocycles. The predicted molar refractivity (Wildman–Crippen MR) is 31.1 cm³/mol. The summed E-state index contributed by atoms with van der Waals surface area (Å²) < 4.78 is 16.9. The lowest BCUT2D eigenvalue weighted by atomic mass is 10.4. The van der Waals surface area contributed by atoms with E-state index in [1.807, 2.05) is 0 Å². The summed E-state index contributed by atoms with van der Waals surface area (Å²) >= 11 is 0. The Morgan fingerprint density at radius 1 is 1.62 bits per heavy atom. The summed E-state index contributed by atoms with van der Waals surface area (Å²) in [7, 11) is 1.46. The van der Waals surface area contributed by atoms with Crippen molar-refractivity contribution in [2.75, 3.05) is 7.11 Å². The van der Waals surface area contributed by atoms with Crippen LogP contribution in [0, 0.1) is 0 Å². The van der Waals surface area contributed by atoms with Crippen molar-refractivity contribution in [1.82, 2.24) is 0 Å². The zero-order chi connectivity index (χ0) is 6.57. The Bertz CT molecular complexity index is 84.7. The molecule has 0 saturated carbocycles. The van der Waals surface area contributed by atoms with Crippen LogP contribution in [0.3, 0.4) is 0 Å². The Morgan fingerprint density at radius 2 is 2.12 bits per heavy atom. The molecule has 0 aliphatic heterocycles. The third-order valence-electron chi connectivity index (χ3n) is 0.999. The number of methoxy groups -OCH3 is 1. The van der Waals surface area contributed by atoms with E-state index in [4.69, 9.17) is 0 Å². The van der Waals surface area contributed by atoms with Gasteiger partial charge >= 0.3 is 0 Å². The van der Waals surface area contributed by atoms with E-state index < -0.39 is 0 Å². The van der Waals surface area contributed by atoms with Crippen molar-refractivity contribution in [2.45, 2.75) is 20.3 Å². The topological polar surface area (TPSA) is 9.23 Å². The third-order valence-corrected chi connectivity index (χ3v) is 0.999. The molecule has 0 radical (unpaired) electrons. The zero-order valence-electron chi connectivity index (χ0n) is 5.49. The quantitative estimate of drug-likeness (QED) is 0.505. The molecule has 0 aromatic carbocycles. The monoisotopic (exact) mass is 118 g/mol. The van der Waals surface area contributed by atoms with Gasteiger partial charge in [-0.3, -0.25) is 0 Å². The first-order valence-electron chi connectivity index (χ1n) is 2.61. The molecule has 0 amide bonds. The minimum Gasteiger partial charge on any atom is -0.499 e. The summed E-state index contributed by atoms with van der Waals surface area (Å²) in [5.41, 5.74) is 0. The van der Waals surface area contributed by atoms with E-state index in [1.54, 1.807) is 13.8 Å². The van der Waals surface area contributed by atoms with Crippen LogP contribution in [0.15, 0.2) is 11.6 Å². The van der Waals surface area contributed by atoms with Crippen LogP contribution in [0.25, 0.3) is 0 Å². The molecular weight excluding hydrogens is 107 g/mol. The Kier molecular flexibility index (Phi) is 3.24. The molecule has 0 aromatic heterocycles. The maximum Gasteiger partial charge on any atom is 0.137 e. The normalized spacial score (nSPS) is 13.0. The highest BCUT2D eigenvalue weighted by Crippen LogP contribution is 2.08. The van der Waals surface area contributed by atoms with Crippen molar-refractivity contribution in [2.24, 2.45) is 0 Å². The smallest absolute Gasteiger partial charge is 0.137 e. The van der Waals surface area contributed by atoms with Gasteiger partial charge in [0.1, 0.15) is 11.6 Å². The van der Waals surface area contributed by atoms with Crippen LogP contribution in [-0.2, 0) is 4.74 Å². The second-order valence-corrected chi connectivity index (χ2v) is 1.52. The molecule has 0 aliphatic rings. The Labute approximate surface area is 49.2 Å². The van der Waals surface area contributed by atoms with Crippen LogP contribution < -0.4 is 0 Å². The summed E-state index contributed by atoms with van der Waals surface area (Å²) in [6.45, 7) is 3.36. The first-order chi connectivity index (χ1) is 3.72. The summed E-state index contributed by atoms with van der Waals surface area (Å²) in [4.78, 5) is 0. The second kappa shape index (κ2) is 3.47. The molecule has 0 atom stereocenters. The first-order valence-corrected chi connectivity index (χ1v) is 2.61. The van der Waals surface area contributed by atoms with Gasteiger partial charge in [-0.15, -0.1) is 0 Å². The Balaban J connectivity index is 3.83. The number of hydrogen-bond acceptors (Lipinski definition) is 1. The average Bonchev–Trinajstić information content (AvgIpc) is 1.84. The molecule has 0 bridgehead atoms. The fourth-order valence-corrected chi connectivity index (χ4v) is 0.360. The molecule has 0 unspecified atom stereocenters. The predicted octanol–water partition coefficient (Wildman–Crippen LogP) is 2.24. The standard InChI is InChI=1S/C6H11FO/c1-4-6(7)5(2)8-3/h4H2,1-3H3/b6-5-. The van der Waals surface area contributed by atoms with E-state index in [-0.39, 0.29) is 5.83 Å². The van der Waals surface area contributed by atoms with Gasteiger partial charge in [-0.05, 0) is 13.3 Å². The van der Waals surface area contributed by atoms with E-state index in [0.717, 1.165) is 0 Å². The minimum absolute atomic E-state index is 0.174. The van der Waals surface area contributed by atoms with Crippen molar-refractivity contribution >= 4 is 0 Å². The maximum absolute atomic E-state index is 12.3. The second-order valence-electron chi connectivity index (χ2n) is 1.52. The molecule has 0 N–H and O–H groups in total. The highest BCUT2D eigenvalue weighted by Gasteiger charge is 1.94. The fourth-order valence-electron chi connectivity index (χ4n) is 0.360. The van der Waals surface area contributed by atoms with Crippen molar-refractivity contribution < 1.29 is 9.13 Å². The van der Waals surface area contributed by atoms with E-state index >= 15 is 0 Å². The number of hydrogen-bond donors (Lipinski definition) is 0. The van der Waals surface area contributed by atoms with Gasteiger partial charge in [0.2, 0.25) is 0 Å². The van der Waals surface area contributed by atoms with Gasteiger partial charge < -0.3 is 4.74 Å². The first kappa shape index (κ1) is 7.47. The van der Waals surface area contributed by atoms with Gasteiger partial charge in [0.05, 0.1) is 7.11 Å². The maximum atomic E-state index is 12.3. The molecule has 8 heavy (non-hydrogen) atoms. The van der Waals surface area contributed by atoms with Crippen LogP contribution in [0.1, 0.15) is 20.3 Å². The number of allylic oxidation sites excluding steroid dienone is 2. The molecule has 0 rings (SSSR count). The highest BCUT2D eigenvalue weighted by atomic mass is 19.1. The van der Waals surface area contributed by atoms with E-state index in [0.29, 0.717) is 12.2 Å². The molecule has 0 heterocycles. The number of halogens is 1. The molecule has 48 valence electrons. The minimum atomic E-state index is -0.174. The molecule has 1 nitrogen and oxygen atoms in total. The molecule has 0 spiro atoms. The third kappa shape index (κ3) is 1.96. The summed E-state index contributed by atoms with van der Waals surface area (Å²) in [5, 5.41) is 0. The molecule has 2 heteroatoms. The molecular formula is C6H11FO. The van der Waals surface area contributed by atoms with Gasteiger partial charge in [-0.25, -0.2) is 4.39 Å². The summed E-state index contributed by atoms with van der Waals surface area (Å²) in [6, 6.07) is 0. The van der Waals surface area contributed by atoms with E-state index in [2.05, 4.69) is 4.74 Å². The lowest BCUT2D eigenvalue weighted by Crippen LogP contribution is -1.82. The van der Waals surface area contributed by atoms with Gasteiger partial charge in [0, 0.05) is 0 Å². The van der Waals surface area contributed by atoms with Crippen molar-refractivity contribution in [3.05, 3.63) is 11.6 Å². The Morgan fingerprint density at radius 3 is 2.25 bits per heavy atom.